The lowest BCUT2D eigenvalue weighted by atomic mass is 9.80. The minimum atomic E-state index is 0.701. The highest BCUT2D eigenvalue weighted by Gasteiger charge is 2.40. The van der Waals surface area contributed by atoms with Gasteiger partial charge in [0.25, 0.3) is 0 Å². The van der Waals surface area contributed by atoms with E-state index < -0.39 is 0 Å². The predicted molar refractivity (Wildman–Crippen MR) is 91.5 cm³/mol. The molecule has 0 spiro atoms. The summed E-state index contributed by atoms with van der Waals surface area (Å²) in [5.41, 5.74) is 1.53. The molecule has 4 atom stereocenters. The second kappa shape index (κ2) is 6.04. The molecule has 114 valence electrons. The maximum atomic E-state index is 3.78. The van der Waals surface area contributed by atoms with Crippen LogP contribution in [-0.2, 0) is 0 Å². The highest BCUT2D eigenvalue weighted by atomic mass is 79.9. The molecule has 0 saturated heterocycles. The summed E-state index contributed by atoms with van der Waals surface area (Å²) in [6.07, 6.45) is 10.3. The van der Waals surface area contributed by atoms with E-state index in [0.29, 0.717) is 5.92 Å². The fourth-order valence-electron chi connectivity index (χ4n) is 4.72. The van der Waals surface area contributed by atoms with E-state index in [9.17, 15) is 0 Å². The van der Waals surface area contributed by atoms with E-state index in [1.54, 1.807) is 0 Å². The number of benzene rings is 1. The summed E-state index contributed by atoms with van der Waals surface area (Å²) >= 11 is 3.65. The standard InChI is InChI=1S/C19H26BrN/c20-18-3-1-2-14(11-18)17(12-21-19-6-7-19)10-16-9-13-4-5-15(16)8-13/h1-3,11,13,15-17,19,21H,4-10,12H2. The average molecular weight is 348 g/mol. The number of halogens is 1. The fraction of sp³-hybridized carbons (Fsp3) is 0.684. The lowest BCUT2D eigenvalue weighted by Gasteiger charge is -2.27. The monoisotopic (exact) mass is 347 g/mol. The molecule has 1 aromatic rings. The molecule has 2 bridgehead atoms. The molecular formula is C19H26BrN. The van der Waals surface area contributed by atoms with Gasteiger partial charge < -0.3 is 5.32 Å². The Kier molecular flexibility index (Phi) is 4.10. The molecule has 2 heteroatoms. The molecule has 3 saturated carbocycles. The van der Waals surface area contributed by atoms with Gasteiger partial charge in [0.2, 0.25) is 0 Å². The summed E-state index contributed by atoms with van der Waals surface area (Å²) in [4.78, 5) is 0. The van der Waals surface area contributed by atoms with E-state index in [-0.39, 0.29) is 0 Å². The van der Waals surface area contributed by atoms with Crippen molar-refractivity contribution >= 4 is 15.9 Å². The minimum Gasteiger partial charge on any atom is -0.313 e. The van der Waals surface area contributed by atoms with Gasteiger partial charge in [-0.3, -0.25) is 0 Å². The summed E-state index contributed by atoms with van der Waals surface area (Å²) in [5, 5.41) is 3.78. The van der Waals surface area contributed by atoms with Crippen LogP contribution in [0.3, 0.4) is 0 Å². The van der Waals surface area contributed by atoms with Gasteiger partial charge in [0.15, 0.2) is 0 Å². The van der Waals surface area contributed by atoms with Gasteiger partial charge in [-0.05, 0) is 79.9 Å². The van der Waals surface area contributed by atoms with Crippen molar-refractivity contribution in [2.75, 3.05) is 6.54 Å². The first kappa shape index (κ1) is 14.3. The first-order chi connectivity index (χ1) is 10.3. The lowest BCUT2D eigenvalue weighted by Crippen LogP contribution is -2.26. The van der Waals surface area contributed by atoms with Crippen LogP contribution in [0.5, 0.6) is 0 Å². The zero-order valence-corrected chi connectivity index (χ0v) is 14.3. The second-order valence-electron chi connectivity index (χ2n) is 7.61. The summed E-state index contributed by atoms with van der Waals surface area (Å²) in [6.45, 7) is 1.18. The van der Waals surface area contributed by atoms with Gasteiger partial charge in [0, 0.05) is 17.1 Å². The quantitative estimate of drug-likeness (QED) is 0.753. The number of hydrogen-bond donors (Lipinski definition) is 1. The Morgan fingerprint density at radius 1 is 1.14 bits per heavy atom. The van der Waals surface area contributed by atoms with Crippen molar-refractivity contribution in [2.24, 2.45) is 17.8 Å². The third-order valence-electron chi connectivity index (χ3n) is 6.02. The molecule has 3 aliphatic rings. The first-order valence-corrected chi connectivity index (χ1v) is 9.56. The first-order valence-electron chi connectivity index (χ1n) is 8.77. The van der Waals surface area contributed by atoms with E-state index in [2.05, 4.69) is 45.5 Å². The Morgan fingerprint density at radius 3 is 2.71 bits per heavy atom. The lowest BCUT2D eigenvalue weighted by molar-refractivity contribution is 0.291. The van der Waals surface area contributed by atoms with Gasteiger partial charge in [-0.15, -0.1) is 0 Å². The molecule has 1 aromatic carbocycles. The molecule has 21 heavy (non-hydrogen) atoms. The number of nitrogens with one attached hydrogen (secondary N) is 1. The fourth-order valence-corrected chi connectivity index (χ4v) is 5.14. The van der Waals surface area contributed by atoms with Crippen molar-refractivity contribution in [1.82, 2.24) is 5.32 Å². The molecule has 0 heterocycles. The molecule has 4 unspecified atom stereocenters. The summed E-state index contributed by atoms with van der Waals surface area (Å²) in [7, 11) is 0. The summed E-state index contributed by atoms with van der Waals surface area (Å²) in [6, 6.07) is 9.83. The molecular weight excluding hydrogens is 322 g/mol. The van der Waals surface area contributed by atoms with Crippen LogP contribution in [0.2, 0.25) is 0 Å². The van der Waals surface area contributed by atoms with Crippen molar-refractivity contribution in [2.45, 2.75) is 56.9 Å². The summed E-state index contributed by atoms with van der Waals surface area (Å²) in [5.74, 6) is 3.81. The van der Waals surface area contributed by atoms with Crippen molar-refractivity contribution < 1.29 is 0 Å². The van der Waals surface area contributed by atoms with Crippen molar-refractivity contribution in [3.05, 3.63) is 34.3 Å². The largest absolute Gasteiger partial charge is 0.313 e. The van der Waals surface area contributed by atoms with Crippen LogP contribution in [0, 0.1) is 17.8 Å². The Morgan fingerprint density at radius 2 is 2.05 bits per heavy atom. The Labute approximate surface area is 137 Å². The second-order valence-corrected chi connectivity index (χ2v) is 8.52. The third kappa shape index (κ3) is 3.37. The van der Waals surface area contributed by atoms with Gasteiger partial charge in [-0.25, -0.2) is 0 Å². The third-order valence-corrected chi connectivity index (χ3v) is 6.52. The topological polar surface area (TPSA) is 12.0 Å². The zero-order valence-electron chi connectivity index (χ0n) is 12.7. The minimum absolute atomic E-state index is 0.701. The predicted octanol–water partition coefficient (Wildman–Crippen LogP) is 5.11. The van der Waals surface area contributed by atoms with Crippen molar-refractivity contribution in [3.8, 4) is 0 Å². The smallest absolute Gasteiger partial charge is 0.0178 e. The Bertz CT molecular complexity index is 496. The van der Waals surface area contributed by atoms with Crippen LogP contribution >= 0.6 is 15.9 Å². The molecule has 0 radical (unpaired) electrons. The molecule has 0 aromatic heterocycles. The normalized spacial score (nSPS) is 32.5. The molecule has 3 aliphatic carbocycles. The van der Waals surface area contributed by atoms with E-state index in [4.69, 9.17) is 0 Å². The van der Waals surface area contributed by atoms with Crippen LogP contribution in [0.15, 0.2) is 28.7 Å². The number of fused-ring (bicyclic) bond motifs is 2. The van der Waals surface area contributed by atoms with E-state index in [0.717, 1.165) is 23.8 Å². The van der Waals surface area contributed by atoms with Crippen LogP contribution in [-0.4, -0.2) is 12.6 Å². The molecule has 4 rings (SSSR count). The maximum Gasteiger partial charge on any atom is 0.0178 e. The van der Waals surface area contributed by atoms with E-state index in [1.165, 1.54) is 61.5 Å². The van der Waals surface area contributed by atoms with Gasteiger partial charge in [0.1, 0.15) is 0 Å². The zero-order chi connectivity index (χ0) is 14.2. The van der Waals surface area contributed by atoms with Crippen molar-refractivity contribution in [1.29, 1.82) is 0 Å². The van der Waals surface area contributed by atoms with Gasteiger partial charge in [-0.2, -0.15) is 0 Å². The summed E-state index contributed by atoms with van der Waals surface area (Å²) < 4.78 is 1.23. The number of hydrogen-bond acceptors (Lipinski definition) is 1. The Hall–Kier alpha value is -0.340. The molecule has 3 fully saturated rings. The van der Waals surface area contributed by atoms with E-state index >= 15 is 0 Å². The highest BCUT2D eigenvalue weighted by molar-refractivity contribution is 9.10. The van der Waals surface area contributed by atoms with Crippen LogP contribution in [0.25, 0.3) is 0 Å². The maximum absolute atomic E-state index is 3.78. The Balaban J connectivity index is 1.46. The molecule has 1 nitrogen and oxygen atoms in total. The van der Waals surface area contributed by atoms with Gasteiger partial charge in [0.05, 0.1) is 0 Å². The van der Waals surface area contributed by atoms with Crippen LogP contribution < -0.4 is 5.32 Å². The van der Waals surface area contributed by atoms with Crippen LogP contribution in [0.4, 0.5) is 0 Å². The van der Waals surface area contributed by atoms with E-state index in [1.807, 2.05) is 0 Å². The van der Waals surface area contributed by atoms with Gasteiger partial charge in [-0.1, -0.05) is 34.5 Å². The number of rotatable bonds is 6. The average Bonchev–Trinajstić information content (AvgIpc) is 3.08. The van der Waals surface area contributed by atoms with Crippen molar-refractivity contribution in [3.63, 3.8) is 0 Å². The molecule has 1 N–H and O–H groups in total. The SMILES string of the molecule is Brc1cccc(C(CNC2CC2)CC2CC3CCC2C3)c1. The highest BCUT2D eigenvalue weighted by Crippen LogP contribution is 2.51. The molecule has 0 amide bonds. The van der Waals surface area contributed by atoms with Gasteiger partial charge >= 0.3 is 0 Å². The molecule has 0 aliphatic heterocycles. The van der Waals surface area contributed by atoms with Crippen LogP contribution in [0.1, 0.15) is 56.4 Å².